The fourth-order valence-corrected chi connectivity index (χ4v) is 2.75. The molecule has 2 aromatic carbocycles. The minimum Gasteiger partial charge on any atom is -0.497 e. The third kappa shape index (κ3) is 4.78. The fourth-order valence-electron chi connectivity index (χ4n) is 2.75. The third-order valence-electron chi connectivity index (χ3n) is 4.54. The first kappa shape index (κ1) is 20.9. The van der Waals surface area contributed by atoms with Crippen LogP contribution < -0.4 is 14.8 Å². The summed E-state index contributed by atoms with van der Waals surface area (Å²) in [7, 11) is 3.02. The molecular formula is C22H23N3O5. The Kier molecular flexibility index (Phi) is 6.36. The van der Waals surface area contributed by atoms with E-state index in [1.54, 1.807) is 42.5 Å². The first-order chi connectivity index (χ1) is 14.4. The number of H-pyrrole nitrogens is 1. The third-order valence-corrected chi connectivity index (χ3v) is 4.54. The molecule has 0 saturated carbocycles. The van der Waals surface area contributed by atoms with Gasteiger partial charge in [0.25, 0.3) is 5.91 Å². The number of carbonyl (C=O) groups is 2. The highest BCUT2D eigenvalue weighted by atomic mass is 16.5. The van der Waals surface area contributed by atoms with Crippen molar-refractivity contribution in [2.75, 3.05) is 26.1 Å². The topological polar surface area (TPSA) is 103 Å². The van der Waals surface area contributed by atoms with E-state index in [4.69, 9.17) is 14.2 Å². The maximum atomic E-state index is 12.2. The average molecular weight is 409 g/mol. The van der Waals surface area contributed by atoms with Crippen molar-refractivity contribution in [3.8, 4) is 22.9 Å². The first-order valence-electron chi connectivity index (χ1n) is 9.24. The Morgan fingerprint density at radius 2 is 1.77 bits per heavy atom. The molecule has 0 bridgehead atoms. The molecule has 3 aromatic rings. The number of carbonyl (C=O) groups excluding carboxylic acids is 2. The molecule has 0 unspecified atom stereocenters. The van der Waals surface area contributed by atoms with E-state index >= 15 is 0 Å². The van der Waals surface area contributed by atoms with Crippen LogP contribution in [0.5, 0.6) is 11.5 Å². The van der Waals surface area contributed by atoms with Crippen LogP contribution in [0.2, 0.25) is 0 Å². The lowest BCUT2D eigenvalue weighted by Crippen LogP contribution is -2.21. The molecule has 8 nitrogen and oxygen atoms in total. The number of nitrogens with zero attached hydrogens (tertiary/aromatic N) is 1. The quantitative estimate of drug-likeness (QED) is 0.579. The van der Waals surface area contributed by atoms with Gasteiger partial charge >= 0.3 is 5.97 Å². The highest BCUT2D eigenvalue weighted by Gasteiger charge is 2.13. The molecule has 2 N–H and O–H groups in total. The number of hydrogen-bond donors (Lipinski definition) is 2. The summed E-state index contributed by atoms with van der Waals surface area (Å²) in [6.07, 6.45) is 0. The summed E-state index contributed by atoms with van der Waals surface area (Å²) in [6.45, 7) is 3.45. The Bertz CT molecular complexity index is 1040. The Morgan fingerprint density at radius 1 is 1.03 bits per heavy atom. The highest BCUT2D eigenvalue weighted by Crippen LogP contribution is 2.29. The predicted molar refractivity (Wildman–Crippen MR) is 112 cm³/mol. The van der Waals surface area contributed by atoms with Crippen molar-refractivity contribution in [2.45, 2.75) is 13.8 Å². The molecule has 3 rings (SSSR count). The zero-order valence-corrected chi connectivity index (χ0v) is 17.2. The highest BCUT2D eigenvalue weighted by molar-refractivity contribution is 5.96. The lowest BCUT2D eigenvalue weighted by molar-refractivity contribution is -0.119. The second-order valence-electron chi connectivity index (χ2n) is 6.56. The van der Waals surface area contributed by atoms with Crippen LogP contribution in [0.1, 0.15) is 21.7 Å². The fraction of sp³-hybridized carbons (Fsp3) is 0.227. The number of hydrogen-bond acceptors (Lipinski definition) is 6. The molecule has 0 atom stereocenters. The monoisotopic (exact) mass is 409 g/mol. The Labute approximate surface area is 174 Å². The summed E-state index contributed by atoms with van der Waals surface area (Å²) in [4.78, 5) is 32.0. The van der Waals surface area contributed by atoms with Gasteiger partial charge in [0.1, 0.15) is 17.3 Å². The van der Waals surface area contributed by atoms with Gasteiger partial charge in [0.15, 0.2) is 6.61 Å². The molecule has 0 aliphatic carbocycles. The van der Waals surface area contributed by atoms with Crippen molar-refractivity contribution >= 4 is 17.6 Å². The molecule has 1 aromatic heterocycles. The van der Waals surface area contributed by atoms with Gasteiger partial charge in [-0.15, -0.1) is 0 Å². The van der Waals surface area contributed by atoms with Crippen LogP contribution in [0, 0.1) is 13.8 Å². The lowest BCUT2D eigenvalue weighted by atomic mass is 10.1. The molecule has 1 amide bonds. The molecule has 0 saturated heterocycles. The largest absolute Gasteiger partial charge is 0.497 e. The number of aromatic nitrogens is 2. The van der Waals surface area contributed by atoms with Gasteiger partial charge in [-0.2, -0.15) is 0 Å². The maximum Gasteiger partial charge on any atom is 0.338 e. The van der Waals surface area contributed by atoms with Gasteiger partial charge < -0.3 is 24.5 Å². The average Bonchev–Trinajstić information content (AvgIpc) is 3.10. The molecule has 0 spiro atoms. The summed E-state index contributed by atoms with van der Waals surface area (Å²) >= 11 is 0. The van der Waals surface area contributed by atoms with Gasteiger partial charge in [-0.1, -0.05) is 12.1 Å². The van der Waals surface area contributed by atoms with Gasteiger partial charge in [0, 0.05) is 17.3 Å². The van der Waals surface area contributed by atoms with Gasteiger partial charge in [0.2, 0.25) is 0 Å². The second-order valence-corrected chi connectivity index (χ2v) is 6.56. The van der Waals surface area contributed by atoms with Crippen molar-refractivity contribution in [1.29, 1.82) is 0 Å². The Hall–Kier alpha value is -3.81. The SMILES string of the molecule is COc1ccc(NC(=O)COC(=O)c2ccc(-c3nc(C)c(C)[nH]3)cc2)c(OC)c1. The number of methoxy groups -OCH3 is 2. The number of amides is 1. The summed E-state index contributed by atoms with van der Waals surface area (Å²) in [5.41, 5.74) is 3.56. The number of esters is 1. The normalized spacial score (nSPS) is 10.4. The zero-order valence-electron chi connectivity index (χ0n) is 17.2. The van der Waals surface area contributed by atoms with Crippen LogP contribution in [-0.2, 0) is 9.53 Å². The van der Waals surface area contributed by atoms with Gasteiger partial charge in [-0.3, -0.25) is 4.79 Å². The number of rotatable bonds is 7. The number of imidazole rings is 1. The number of aromatic amines is 1. The van der Waals surface area contributed by atoms with Gasteiger partial charge in [-0.25, -0.2) is 9.78 Å². The van der Waals surface area contributed by atoms with E-state index in [-0.39, 0.29) is 0 Å². The molecule has 1 heterocycles. The van der Waals surface area contributed by atoms with Crippen LogP contribution in [-0.4, -0.2) is 42.7 Å². The maximum absolute atomic E-state index is 12.2. The Balaban J connectivity index is 1.58. The molecule has 156 valence electrons. The molecule has 0 radical (unpaired) electrons. The second kappa shape index (κ2) is 9.13. The van der Waals surface area contributed by atoms with Crippen LogP contribution in [0.4, 0.5) is 5.69 Å². The molecule has 0 fully saturated rings. The van der Waals surface area contributed by atoms with E-state index in [1.807, 2.05) is 13.8 Å². The first-order valence-corrected chi connectivity index (χ1v) is 9.24. The van der Waals surface area contributed by atoms with E-state index < -0.39 is 18.5 Å². The summed E-state index contributed by atoms with van der Waals surface area (Å²) in [5, 5.41) is 2.65. The molecule has 0 aliphatic heterocycles. The lowest BCUT2D eigenvalue weighted by Gasteiger charge is -2.12. The minimum atomic E-state index is -0.592. The molecular weight excluding hydrogens is 386 g/mol. The number of benzene rings is 2. The van der Waals surface area contributed by atoms with E-state index in [1.165, 1.54) is 14.2 Å². The number of anilines is 1. The van der Waals surface area contributed by atoms with Crippen LogP contribution in [0.15, 0.2) is 42.5 Å². The van der Waals surface area contributed by atoms with Crippen molar-refractivity contribution in [2.24, 2.45) is 0 Å². The molecule has 30 heavy (non-hydrogen) atoms. The summed E-state index contributed by atoms with van der Waals surface area (Å²) in [5.74, 6) is 0.695. The van der Waals surface area contributed by atoms with Crippen molar-refractivity contribution in [3.05, 3.63) is 59.4 Å². The van der Waals surface area contributed by atoms with Crippen LogP contribution in [0.25, 0.3) is 11.4 Å². The van der Waals surface area contributed by atoms with E-state index in [9.17, 15) is 9.59 Å². The van der Waals surface area contributed by atoms with Crippen LogP contribution in [0.3, 0.4) is 0 Å². The molecule has 0 aliphatic rings. The molecule has 8 heteroatoms. The number of nitrogens with one attached hydrogen (secondary N) is 2. The van der Waals surface area contributed by atoms with Crippen molar-refractivity contribution < 1.29 is 23.8 Å². The Morgan fingerprint density at radius 3 is 2.37 bits per heavy atom. The van der Waals surface area contributed by atoms with Crippen molar-refractivity contribution in [1.82, 2.24) is 9.97 Å². The van der Waals surface area contributed by atoms with E-state index in [0.717, 1.165) is 22.8 Å². The zero-order chi connectivity index (χ0) is 21.7. The number of ether oxygens (including phenoxy) is 3. The van der Waals surface area contributed by atoms with Crippen molar-refractivity contribution in [3.63, 3.8) is 0 Å². The van der Waals surface area contributed by atoms with Crippen LogP contribution >= 0.6 is 0 Å². The minimum absolute atomic E-state index is 0.341. The predicted octanol–water partition coefficient (Wildman–Crippen LogP) is 3.51. The summed E-state index contributed by atoms with van der Waals surface area (Å²) < 4.78 is 15.5. The smallest absolute Gasteiger partial charge is 0.338 e. The standard InChI is InChI=1S/C22H23N3O5/c1-13-14(2)24-21(23-13)15-5-7-16(8-6-15)22(27)30-12-20(26)25-18-10-9-17(28-3)11-19(18)29-4/h5-11H,12H2,1-4H3,(H,23,24)(H,25,26). The van der Waals surface area contributed by atoms with Gasteiger partial charge in [-0.05, 0) is 38.1 Å². The summed E-state index contributed by atoms with van der Waals surface area (Å²) in [6, 6.07) is 11.8. The van der Waals surface area contributed by atoms with E-state index in [0.29, 0.717) is 22.7 Å². The van der Waals surface area contributed by atoms with E-state index in [2.05, 4.69) is 15.3 Å². The van der Waals surface area contributed by atoms with Gasteiger partial charge in [0.05, 0.1) is 31.2 Å². The number of aryl methyl sites for hydroxylation is 2.